The molecule has 2 aliphatic rings. The van der Waals surface area contributed by atoms with Gasteiger partial charge in [-0.3, -0.25) is 14.0 Å². The summed E-state index contributed by atoms with van der Waals surface area (Å²) in [7, 11) is 0. The van der Waals surface area contributed by atoms with Gasteiger partial charge in [0.15, 0.2) is 4.96 Å². The third-order valence-electron chi connectivity index (χ3n) is 6.22. The maximum absolute atomic E-state index is 13.3. The fourth-order valence-electron chi connectivity index (χ4n) is 4.72. The Morgan fingerprint density at radius 1 is 1.07 bits per heavy atom. The van der Waals surface area contributed by atoms with E-state index in [1.165, 1.54) is 35.0 Å². The van der Waals surface area contributed by atoms with Crippen LogP contribution in [0, 0.1) is 0 Å². The second-order valence-electron chi connectivity index (χ2n) is 8.10. The average Bonchev–Trinajstić information content (AvgIpc) is 3.06. The molecule has 0 aliphatic heterocycles. The zero-order valence-corrected chi connectivity index (χ0v) is 17.3. The van der Waals surface area contributed by atoms with Crippen LogP contribution in [0.3, 0.4) is 0 Å². The summed E-state index contributed by atoms with van der Waals surface area (Å²) < 4.78 is 1.70. The summed E-state index contributed by atoms with van der Waals surface area (Å²) in [5.74, 6) is -0.315. The highest BCUT2D eigenvalue weighted by Gasteiger charge is 2.25. The van der Waals surface area contributed by atoms with Crippen LogP contribution in [-0.4, -0.2) is 15.3 Å². The molecule has 6 heteroatoms. The lowest BCUT2D eigenvalue weighted by Gasteiger charge is -2.26. The topological polar surface area (TPSA) is 63.5 Å². The number of aromatic nitrogens is 2. The maximum atomic E-state index is 13.3. The molecule has 1 N–H and O–H groups in total. The lowest BCUT2D eigenvalue weighted by atomic mass is 9.87. The van der Waals surface area contributed by atoms with Gasteiger partial charge in [0.05, 0.1) is 6.04 Å². The molecule has 2 aromatic heterocycles. The van der Waals surface area contributed by atoms with Crippen molar-refractivity contribution in [3.63, 3.8) is 0 Å². The minimum atomic E-state index is -0.315. The first kappa shape index (κ1) is 18.6. The Labute approximate surface area is 173 Å². The molecule has 0 saturated heterocycles. The van der Waals surface area contributed by atoms with Gasteiger partial charge in [-0.2, -0.15) is 0 Å². The van der Waals surface area contributed by atoms with Crippen LogP contribution >= 0.6 is 11.3 Å². The molecule has 1 amide bonds. The fourth-order valence-corrected chi connectivity index (χ4v) is 5.89. The van der Waals surface area contributed by atoms with Gasteiger partial charge < -0.3 is 5.32 Å². The number of hydrogen-bond donors (Lipinski definition) is 1. The quantitative estimate of drug-likeness (QED) is 0.692. The van der Waals surface area contributed by atoms with Crippen LogP contribution in [-0.2, 0) is 19.3 Å². The van der Waals surface area contributed by atoms with E-state index < -0.39 is 0 Å². The van der Waals surface area contributed by atoms with Gasteiger partial charge in [0, 0.05) is 16.8 Å². The van der Waals surface area contributed by atoms with Gasteiger partial charge in [-0.1, -0.05) is 37.1 Å². The van der Waals surface area contributed by atoms with Crippen molar-refractivity contribution in [3.05, 3.63) is 68.1 Å². The van der Waals surface area contributed by atoms with E-state index in [1.807, 2.05) is 12.1 Å². The molecule has 2 heterocycles. The minimum absolute atomic E-state index is 0.0457. The molecule has 3 aromatic rings. The zero-order valence-electron chi connectivity index (χ0n) is 16.4. The average molecular weight is 408 g/mol. The number of amides is 1. The molecule has 5 nitrogen and oxygen atoms in total. The van der Waals surface area contributed by atoms with Crippen molar-refractivity contribution >= 4 is 22.2 Å². The second-order valence-corrected chi connectivity index (χ2v) is 9.16. The Morgan fingerprint density at radius 3 is 2.79 bits per heavy atom. The molecule has 0 fully saturated rings. The Balaban J connectivity index is 1.49. The van der Waals surface area contributed by atoms with Crippen molar-refractivity contribution in [3.8, 4) is 0 Å². The molecule has 150 valence electrons. The Morgan fingerprint density at radius 2 is 1.90 bits per heavy atom. The number of benzene rings is 1. The summed E-state index contributed by atoms with van der Waals surface area (Å²) in [6, 6.07) is 8.21. The Hall–Kier alpha value is -2.47. The van der Waals surface area contributed by atoms with Crippen LogP contribution in [0.4, 0.5) is 0 Å². The smallest absolute Gasteiger partial charge is 0.271 e. The van der Waals surface area contributed by atoms with E-state index in [0.29, 0.717) is 4.96 Å². The lowest BCUT2D eigenvalue weighted by molar-refractivity contribution is 0.0930. The zero-order chi connectivity index (χ0) is 19.8. The predicted octanol–water partition coefficient (Wildman–Crippen LogP) is 4.22. The Kier molecular flexibility index (Phi) is 4.96. The number of thiazole rings is 1. The van der Waals surface area contributed by atoms with Gasteiger partial charge in [-0.05, 0) is 56.1 Å². The van der Waals surface area contributed by atoms with Crippen LogP contribution in [0.5, 0.6) is 0 Å². The van der Waals surface area contributed by atoms with Crippen molar-refractivity contribution < 1.29 is 4.79 Å². The summed E-state index contributed by atoms with van der Waals surface area (Å²) in [5.41, 5.74) is 3.44. The summed E-state index contributed by atoms with van der Waals surface area (Å²) in [6.45, 7) is 0. The first-order chi connectivity index (χ1) is 14.2. The number of fused-ring (bicyclic) bond motifs is 4. The molecule has 5 rings (SSSR count). The Bertz CT molecular complexity index is 1130. The van der Waals surface area contributed by atoms with E-state index in [0.717, 1.165) is 50.6 Å². The molecule has 0 radical (unpaired) electrons. The van der Waals surface area contributed by atoms with Crippen molar-refractivity contribution in [2.24, 2.45) is 0 Å². The molecule has 0 spiro atoms. The van der Waals surface area contributed by atoms with Crippen molar-refractivity contribution in [2.75, 3.05) is 0 Å². The van der Waals surface area contributed by atoms with Gasteiger partial charge in [-0.15, -0.1) is 11.3 Å². The highest BCUT2D eigenvalue weighted by Crippen LogP contribution is 2.30. The number of hydrogen-bond acceptors (Lipinski definition) is 4. The number of nitrogens with zero attached hydrogens (tertiary/aromatic N) is 2. The number of rotatable bonds is 2. The molecular weight excluding hydrogens is 382 g/mol. The van der Waals surface area contributed by atoms with Gasteiger partial charge in [0.2, 0.25) is 0 Å². The standard InChI is InChI=1S/C23H25N3O2S/c27-21(25-18-11-7-9-15-8-5-6-10-16(15)18)17-14-24-23-26(22(17)28)19-12-3-1-2-4-13-20(19)29-23/h5-6,8,10,14,18H,1-4,7,9,11-13H2,(H,25,27)/t18-/m0/s1. The van der Waals surface area contributed by atoms with Gasteiger partial charge >= 0.3 is 0 Å². The van der Waals surface area contributed by atoms with Crippen molar-refractivity contribution in [1.29, 1.82) is 0 Å². The molecule has 0 saturated carbocycles. The number of nitrogens with one attached hydrogen (secondary N) is 1. The molecule has 2 aliphatic carbocycles. The normalized spacial score (nSPS) is 19.1. The fraction of sp³-hybridized carbons (Fsp3) is 0.435. The SMILES string of the molecule is O=C(N[C@H]1CCCc2ccccc21)c1cnc2sc3c(n2c1=O)CCCCCC3. The molecular formula is C23H25N3O2S. The van der Waals surface area contributed by atoms with Gasteiger partial charge in [-0.25, -0.2) is 4.98 Å². The summed E-state index contributed by atoms with van der Waals surface area (Å²) in [4.78, 5) is 32.8. The van der Waals surface area contributed by atoms with Crippen LogP contribution in [0.15, 0.2) is 35.3 Å². The van der Waals surface area contributed by atoms with Crippen LogP contribution in [0.2, 0.25) is 0 Å². The molecule has 1 atom stereocenters. The third-order valence-corrected chi connectivity index (χ3v) is 7.38. The van der Waals surface area contributed by atoms with Crippen molar-refractivity contribution in [1.82, 2.24) is 14.7 Å². The molecule has 29 heavy (non-hydrogen) atoms. The van der Waals surface area contributed by atoms with Gasteiger partial charge in [0.25, 0.3) is 11.5 Å². The number of aryl methyl sites for hydroxylation is 3. The second kappa shape index (κ2) is 7.75. The highest BCUT2D eigenvalue weighted by atomic mass is 32.1. The minimum Gasteiger partial charge on any atom is -0.345 e. The van der Waals surface area contributed by atoms with Gasteiger partial charge in [0.1, 0.15) is 5.56 Å². The summed E-state index contributed by atoms with van der Waals surface area (Å²) in [6.07, 6.45) is 11.0. The van der Waals surface area contributed by atoms with E-state index in [-0.39, 0.29) is 23.1 Å². The van der Waals surface area contributed by atoms with Crippen molar-refractivity contribution in [2.45, 2.75) is 63.8 Å². The molecule has 0 unspecified atom stereocenters. The highest BCUT2D eigenvalue weighted by molar-refractivity contribution is 7.17. The first-order valence-electron chi connectivity index (χ1n) is 10.6. The van der Waals surface area contributed by atoms with E-state index in [1.54, 1.807) is 15.7 Å². The van der Waals surface area contributed by atoms with Crippen LogP contribution in [0.1, 0.15) is 76.6 Å². The predicted molar refractivity (Wildman–Crippen MR) is 115 cm³/mol. The summed E-state index contributed by atoms with van der Waals surface area (Å²) in [5, 5.41) is 3.10. The number of carbonyl (C=O) groups excluding carboxylic acids is 1. The summed E-state index contributed by atoms with van der Waals surface area (Å²) >= 11 is 1.60. The van der Waals surface area contributed by atoms with E-state index in [9.17, 15) is 9.59 Å². The third kappa shape index (κ3) is 3.39. The number of carbonyl (C=O) groups is 1. The largest absolute Gasteiger partial charge is 0.345 e. The van der Waals surface area contributed by atoms with Crippen LogP contribution < -0.4 is 10.9 Å². The lowest BCUT2D eigenvalue weighted by Crippen LogP contribution is -2.35. The molecule has 0 bridgehead atoms. The maximum Gasteiger partial charge on any atom is 0.271 e. The van der Waals surface area contributed by atoms with Crippen LogP contribution in [0.25, 0.3) is 4.96 Å². The first-order valence-corrected chi connectivity index (χ1v) is 11.4. The monoisotopic (exact) mass is 407 g/mol. The van der Waals surface area contributed by atoms with E-state index in [2.05, 4.69) is 22.4 Å². The molecule has 1 aromatic carbocycles. The van der Waals surface area contributed by atoms with E-state index in [4.69, 9.17) is 0 Å². The van der Waals surface area contributed by atoms with E-state index >= 15 is 0 Å².